The second-order valence-electron chi connectivity index (χ2n) is 5.54. The van der Waals surface area contributed by atoms with Crippen molar-refractivity contribution in [3.8, 4) is 0 Å². The first-order chi connectivity index (χ1) is 9.29. The first-order valence-corrected chi connectivity index (χ1v) is 6.29. The highest BCUT2D eigenvalue weighted by molar-refractivity contribution is 5.60. The highest BCUT2D eigenvalue weighted by Crippen LogP contribution is 2.30. The van der Waals surface area contributed by atoms with Gasteiger partial charge in [0.15, 0.2) is 0 Å². The molecule has 20 heavy (non-hydrogen) atoms. The van der Waals surface area contributed by atoms with Crippen molar-refractivity contribution >= 4 is 17.3 Å². The SMILES string of the molecule is CC(C)(C)C(CCO)Nc1nc(NN)ccc1[N+](=O)[O-]. The van der Waals surface area contributed by atoms with E-state index in [1.165, 1.54) is 12.1 Å². The molecule has 1 heterocycles. The Balaban J connectivity index is 3.12. The fourth-order valence-corrected chi connectivity index (χ4v) is 1.80. The van der Waals surface area contributed by atoms with Crippen LogP contribution in [-0.4, -0.2) is 27.7 Å². The van der Waals surface area contributed by atoms with Crippen molar-refractivity contribution in [3.63, 3.8) is 0 Å². The van der Waals surface area contributed by atoms with E-state index in [-0.39, 0.29) is 29.6 Å². The fourth-order valence-electron chi connectivity index (χ4n) is 1.80. The summed E-state index contributed by atoms with van der Waals surface area (Å²) in [5.41, 5.74) is 2.04. The molecule has 0 saturated carbocycles. The predicted octanol–water partition coefficient (Wildman–Crippen LogP) is 1.48. The molecule has 5 N–H and O–H groups in total. The normalized spacial score (nSPS) is 12.8. The average Bonchev–Trinajstić information content (AvgIpc) is 2.36. The Hall–Kier alpha value is -1.93. The minimum absolute atomic E-state index is 0.0163. The van der Waals surface area contributed by atoms with Gasteiger partial charge >= 0.3 is 5.69 Å². The van der Waals surface area contributed by atoms with E-state index in [4.69, 9.17) is 10.9 Å². The Morgan fingerprint density at radius 1 is 1.50 bits per heavy atom. The van der Waals surface area contributed by atoms with Crippen LogP contribution in [0.4, 0.5) is 17.3 Å². The largest absolute Gasteiger partial charge is 0.396 e. The summed E-state index contributed by atoms with van der Waals surface area (Å²) >= 11 is 0. The molecule has 0 aliphatic rings. The number of hydrazine groups is 1. The number of nitrogens with two attached hydrogens (primary N) is 1. The standard InChI is InChI=1S/C12H21N5O3/c1-12(2,3)9(6-7-18)14-11-8(17(19)20)4-5-10(15-11)16-13/h4-5,9,18H,6-7,13H2,1-3H3,(H2,14,15,16). The van der Waals surface area contributed by atoms with Crippen molar-refractivity contribution in [1.29, 1.82) is 0 Å². The van der Waals surface area contributed by atoms with E-state index in [0.29, 0.717) is 12.2 Å². The number of nitro groups is 1. The van der Waals surface area contributed by atoms with Gasteiger partial charge in [0.25, 0.3) is 0 Å². The van der Waals surface area contributed by atoms with Gasteiger partial charge in [-0.15, -0.1) is 0 Å². The molecule has 0 spiro atoms. The number of nitrogens with zero attached hydrogens (tertiary/aromatic N) is 2. The van der Waals surface area contributed by atoms with Gasteiger partial charge in [0.2, 0.25) is 5.82 Å². The zero-order valence-corrected chi connectivity index (χ0v) is 11.9. The first-order valence-electron chi connectivity index (χ1n) is 6.29. The number of pyridine rings is 1. The van der Waals surface area contributed by atoms with Crippen LogP contribution in [-0.2, 0) is 0 Å². The molecule has 0 aromatic carbocycles. The lowest BCUT2D eigenvalue weighted by Crippen LogP contribution is -2.35. The van der Waals surface area contributed by atoms with Crippen molar-refractivity contribution in [3.05, 3.63) is 22.2 Å². The van der Waals surface area contributed by atoms with Gasteiger partial charge in [0, 0.05) is 18.7 Å². The van der Waals surface area contributed by atoms with Crippen molar-refractivity contribution in [1.82, 2.24) is 4.98 Å². The number of nitrogen functional groups attached to an aromatic ring is 1. The average molecular weight is 283 g/mol. The molecular weight excluding hydrogens is 262 g/mol. The van der Waals surface area contributed by atoms with Crippen molar-refractivity contribution in [2.24, 2.45) is 11.3 Å². The number of hydrogen-bond donors (Lipinski definition) is 4. The zero-order chi connectivity index (χ0) is 15.3. The highest BCUT2D eigenvalue weighted by atomic mass is 16.6. The van der Waals surface area contributed by atoms with Crippen LogP contribution < -0.4 is 16.6 Å². The minimum atomic E-state index is -0.506. The van der Waals surface area contributed by atoms with Gasteiger partial charge in [0.05, 0.1) is 4.92 Å². The van der Waals surface area contributed by atoms with Crippen LogP contribution in [0.15, 0.2) is 12.1 Å². The molecule has 1 rings (SSSR count). The Labute approximate surface area is 117 Å². The topological polar surface area (TPSA) is 126 Å². The van der Waals surface area contributed by atoms with Crippen LogP contribution >= 0.6 is 0 Å². The molecule has 0 amide bonds. The Morgan fingerprint density at radius 3 is 2.60 bits per heavy atom. The quantitative estimate of drug-likeness (QED) is 0.354. The maximum atomic E-state index is 11.0. The molecule has 0 radical (unpaired) electrons. The van der Waals surface area contributed by atoms with E-state index in [0.717, 1.165) is 0 Å². The number of anilines is 2. The number of rotatable bonds is 6. The third-order valence-corrected chi connectivity index (χ3v) is 2.99. The van der Waals surface area contributed by atoms with Crippen LogP contribution in [0.2, 0.25) is 0 Å². The van der Waals surface area contributed by atoms with Gasteiger partial charge in [-0.3, -0.25) is 10.1 Å². The lowest BCUT2D eigenvalue weighted by molar-refractivity contribution is -0.384. The Morgan fingerprint density at radius 2 is 2.15 bits per heavy atom. The molecular formula is C12H21N5O3. The summed E-state index contributed by atoms with van der Waals surface area (Å²) in [5.74, 6) is 5.74. The molecule has 112 valence electrons. The monoisotopic (exact) mass is 283 g/mol. The summed E-state index contributed by atoms with van der Waals surface area (Å²) in [5, 5.41) is 23.2. The second-order valence-corrected chi connectivity index (χ2v) is 5.54. The van der Waals surface area contributed by atoms with Gasteiger partial charge in [0.1, 0.15) is 5.82 Å². The minimum Gasteiger partial charge on any atom is -0.396 e. The zero-order valence-electron chi connectivity index (χ0n) is 11.9. The van der Waals surface area contributed by atoms with Gasteiger partial charge in [-0.05, 0) is 17.9 Å². The summed E-state index contributed by atoms with van der Waals surface area (Å²) in [6, 6.07) is 2.61. The van der Waals surface area contributed by atoms with E-state index >= 15 is 0 Å². The van der Waals surface area contributed by atoms with Crippen LogP contribution in [0.5, 0.6) is 0 Å². The van der Waals surface area contributed by atoms with Gasteiger partial charge in [-0.25, -0.2) is 10.8 Å². The molecule has 1 unspecified atom stereocenters. The lowest BCUT2D eigenvalue weighted by Gasteiger charge is -2.31. The van der Waals surface area contributed by atoms with Crippen molar-refractivity contribution in [2.75, 3.05) is 17.3 Å². The molecule has 1 atom stereocenters. The molecule has 1 aromatic rings. The number of hydrogen-bond acceptors (Lipinski definition) is 7. The van der Waals surface area contributed by atoms with Crippen LogP contribution in [0.25, 0.3) is 0 Å². The number of aromatic nitrogens is 1. The van der Waals surface area contributed by atoms with E-state index in [9.17, 15) is 10.1 Å². The summed E-state index contributed by atoms with van der Waals surface area (Å²) in [7, 11) is 0. The molecule has 0 fully saturated rings. The molecule has 8 nitrogen and oxygen atoms in total. The van der Waals surface area contributed by atoms with Crippen LogP contribution in [0, 0.1) is 15.5 Å². The fraction of sp³-hybridized carbons (Fsp3) is 0.583. The van der Waals surface area contributed by atoms with Crippen LogP contribution in [0.1, 0.15) is 27.2 Å². The van der Waals surface area contributed by atoms with Gasteiger partial charge < -0.3 is 15.8 Å². The molecule has 1 aromatic heterocycles. The van der Waals surface area contributed by atoms with Crippen molar-refractivity contribution < 1.29 is 10.0 Å². The second kappa shape index (κ2) is 6.49. The number of nitrogens with one attached hydrogen (secondary N) is 2. The van der Waals surface area contributed by atoms with E-state index in [1.54, 1.807) is 0 Å². The number of aliphatic hydroxyl groups is 1. The molecule has 0 aliphatic heterocycles. The summed E-state index contributed by atoms with van der Waals surface area (Å²) in [6.07, 6.45) is 0.461. The van der Waals surface area contributed by atoms with E-state index < -0.39 is 4.92 Å². The van der Waals surface area contributed by atoms with E-state index in [1.807, 2.05) is 20.8 Å². The molecule has 0 bridgehead atoms. The molecule has 8 heteroatoms. The summed E-state index contributed by atoms with van der Waals surface area (Å²) in [6.45, 7) is 5.93. The Kier molecular flexibility index (Phi) is 5.23. The smallest absolute Gasteiger partial charge is 0.311 e. The maximum absolute atomic E-state index is 11.0. The van der Waals surface area contributed by atoms with Crippen LogP contribution in [0.3, 0.4) is 0 Å². The molecule has 0 aliphatic carbocycles. The first kappa shape index (κ1) is 16.1. The molecule has 0 saturated heterocycles. The Bertz CT molecular complexity index is 473. The summed E-state index contributed by atoms with van der Waals surface area (Å²) < 4.78 is 0. The third-order valence-electron chi connectivity index (χ3n) is 2.99. The van der Waals surface area contributed by atoms with Crippen molar-refractivity contribution in [2.45, 2.75) is 33.2 Å². The van der Waals surface area contributed by atoms with Gasteiger partial charge in [-0.2, -0.15) is 0 Å². The van der Waals surface area contributed by atoms with Gasteiger partial charge in [-0.1, -0.05) is 20.8 Å². The predicted molar refractivity (Wildman–Crippen MR) is 77.3 cm³/mol. The number of aliphatic hydroxyl groups excluding tert-OH is 1. The van der Waals surface area contributed by atoms with E-state index in [2.05, 4.69) is 15.7 Å². The third kappa shape index (κ3) is 4.04. The summed E-state index contributed by atoms with van der Waals surface area (Å²) in [4.78, 5) is 14.6. The lowest BCUT2D eigenvalue weighted by atomic mass is 9.85. The maximum Gasteiger partial charge on any atom is 0.311 e. The highest BCUT2D eigenvalue weighted by Gasteiger charge is 2.27.